The molecule has 0 unspecified atom stereocenters. The van der Waals surface area contributed by atoms with Crippen LogP contribution in [0.15, 0.2) is 63.0 Å². The van der Waals surface area contributed by atoms with Crippen molar-refractivity contribution in [2.75, 3.05) is 5.75 Å². The molecule has 0 aliphatic carbocycles. The van der Waals surface area contributed by atoms with Gasteiger partial charge in [-0.3, -0.25) is 4.79 Å². The molecule has 0 amide bonds. The van der Waals surface area contributed by atoms with Gasteiger partial charge in [0.25, 0.3) is 16.7 Å². The zero-order valence-electron chi connectivity index (χ0n) is 15.2. The number of aryl methyl sites for hydroxylation is 2. The summed E-state index contributed by atoms with van der Waals surface area (Å²) in [5.74, 6) is 2.46. The molecule has 2 heterocycles. The molecule has 0 aliphatic rings. The predicted molar refractivity (Wildman–Crippen MR) is 107 cm³/mol. The zero-order chi connectivity index (χ0) is 19.3. The lowest BCUT2D eigenvalue weighted by atomic mass is 10.2. The molecule has 0 saturated heterocycles. The van der Waals surface area contributed by atoms with Crippen molar-refractivity contribution in [1.29, 1.82) is 0 Å². The highest BCUT2D eigenvalue weighted by Crippen LogP contribution is 2.19. The number of rotatable bonds is 7. The average Bonchev–Trinajstić information content (AvgIpc) is 3.15. The summed E-state index contributed by atoms with van der Waals surface area (Å²) in [4.78, 5) is 19.4. The van der Waals surface area contributed by atoms with Crippen LogP contribution in [0.5, 0.6) is 5.75 Å². The van der Waals surface area contributed by atoms with Crippen molar-refractivity contribution in [2.45, 2.75) is 25.2 Å². The monoisotopic (exact) mass is 394 g/mol. The predicted octanol–water partition coefficient (Wildman–Crippen LogP) is 3.53. The zero-order valence-corrected chi connectivity index (χ0v) is 16.0. The van der Waals surface area contributed by atoms with Crippen molar-refractivity contribution in [3.63, 3.8) is 0 Å². The fraction of sp³-hybridized carbons (Fsp3) is 0.200. The molecule has 0 aliphatic heterocycles. The van der Waals surface area contributed by atoms with E-state index in [-0.39, 0.29) is 12.2 Å². The van der Waals surface area contributed by atoms with Crippen LogP contribution in [-0.4, -0.2) is 25.9 Å². The summed E-state index contributed by atoms with van der Waals surface area (Å²) in [6.07, 6.45) is 0.586. The molecular formula is C20H18N4O3S. The van der Waals surface area contributed by atoms with Crippen LogP contribution in [0.3, 0.4) is 0 Å². The molecule has 1 N–H and O–H groups in total. The van der Waals surface area contributed by atoms with Gasteiger partial charge in [0.1, 0.15) is 11.6 Å². The maximum Gasteiger partial charge on any atom is 0.276 e. The number of hydrogen-bond donors (Lipinski definition) is 1. The van der Waals surface area contributed by atoms with E-state index >= 15 is 0 Å². The minimum absolute atomic E-state index is 0.126. The molecule has 4 aromatic rings. The third-order valence-corrected chi connectivity index (χ3v) is 4.88. The quantitative estimate of drug-likeness (QED) is 0.479. The molecule has 2 aromatic heterocycles. The second-order valence-electron chi connectivity index (χ2n) is 6.19. The third kappa shape index (κ3) is 4.40. The third-order valence-electron chi connectivity index (χ3n) is 4.06. The minimum Gasteiger partial charge on any atom is -0.484 e. The largest absolute Gasteiger partial charge is 0.484 e. The normalized spacial score (nSPS) is 11.0. The van der Waals surface area contributed by atoms with Gasteiger partial charge in [-0.05, 0) is 31.2 Å². The van der Waals surface area contributed by atoms with Crippen LogP contribution in [0.1, 0.15) is 17.3 Å². The molecule has 2 aromatic carbocycles. The molecule has 0 spiro atoms. The van der Waals surface area contributed by atoms with Crippen molar-refractivity contribution < 1.29 is 9.15 Å². The van der Waals surface area contributed by atoms with Crippen molar-refractivity contribution in [3.05, 3.63) is 76.2 Å². The molecule has 7 nitrogen and oxygen atoms in total. The Morgan fingerprint density at radius 2 is 1.93 bits per heavy atom. The number of fused-ring (bicyclic) bond motifs is 1. The van der Waals surface area contributed by atoms with E-state index in [9.17, 15) is 4.79 Å². The second-order valence-corrected chi connectivity index (χ2v) is 7.24. The molecule has 0 fully saturated rings. The summed E-state index contributed by atoms with van der Waals surface area (Å²) in [6.45, 7) is 2.24. The molecule has 0 bridgehead atoms. The van der Waals surface area contributed by atoms with Gasteiger partial charge in [-0.2, -0.15) is 0 Å². The van der Waals surface area contributed by atoms with E-state index in [0.717, 1.165) is 5.75 Å². The van der Waals surface area contributed by atoms with E-state index < -0.39 is 0 Å². The second kappa shape index (κ2) is 8.26. The number of hydrogen-bond acceptors (Lipinski definition) is 7. The van der Waals surface area contributed by atoms with Crippen LogP contribution < -0.4 is 10.3 Å². The molecule has 0 atom stereocenters. The lowest BCUT2D eigenvalue weighted by Gasteiger charge is -2.03. The van der Waals surface area contributed by atoms with E-state index in [1.807, 2.05) is 49.4 Å². The lowest BCUT2D eigenvalue weighted by molar-refractivity contribution is 0.252. The Kier molecular flexibility index (Phi) is 5.38. The first-order valence-electron chi connectivity index (χ1n) is 8.80. The molecule has 8 heteroatoms. The van der Waals surface area contributed by atoms with E-state index in [0.29, 0.717) is 40.0 Å². The van der Waals surface area contributed by atoms with E-state index in [1.165, 1.54) is 17.3 Å². The average molecular weight is 394 g/mol. The van der Waals surface area contributed by atoms with Gasteiger partial charge in [0.15, 0.2) is 6.61 Å². The number of nitrogens with zero attached hydrogens (tertiary/aromatic N) is 3. The van der Waals surface area contributed by atoms with Crippen LogP contribution in [0, 0.1) is 6.92 Å². The van der Waals surface area contributed by atoms with E-state index in [1.54, 1.807) is 6.07 Å². The number of para-hydroxylation sites is 1. The van der Waals surface area contributed by atoms with Crippen molar-refractivity contribution >= 4 is 22.7 Å². The van der Waals surface area contributed by atoms with Crippen LogP contribution in [0.25, 0.3) is 10.9 Å². The van der Waals surface area contributed by atoms with Crippen LogP contribution >= 0.6 is 11.8 Å². The number of H-pyrrole nitrogens is 1. The van der Waals surface area contributed by atoms with Crippen LogP contribution in [-0.2, 0) is 13.0 Å². The topological polar surface area (TPSA) is 93.9 Å². The highest BCUT2D eigenvalue weighted by Gasteiger charge is 2.09. The van der Waals surface area contributed by atoms with E-state index in [4.69, 9.17) is 9.15 Å². The van der Waals surface area contributed by atoms with Gasteiger partial charge in [0, 0.05) is 12.2 Å². The Balaban J connectivity index is 1.31. The van der Waals surface area contributed by atoms with Gasteiger partial charge in [0.05, 0.1) is 10.9 Å². The summed E-state index contributed by atoms with van der Waals surface area (Å²) in [5, 5.41) is 9.06. The number of ether oxygens (including phenoxy) is 1. The van der Waals surface area contributed by atoms with Gasteiger partial charge in [-0.25, -0.2) is 4.98 Å². The van der Waals surface area contributed by atoms with Gasteiger partial charge in [-0.15, -0.1) is 10.2 Å². The minimum atomic E-state index is -0.126. The summed E-state index contributed by atoms with van der Waals surface area (Å²) in [7, 11) is 0. The highest BCUT2D eigenvalue weighted by atomic mass is 32.2. The Bertz CT molecular complexity index is 1140. The summed E-state index contributed by atoms with van der Waals surface area (Å²) in [5.41, 5.74) is 1.74. The molecular weight excluding hydrogens is 376 g/mol. The summed E-state index contributed by atoms with van der Waals surface area (Å²) >= 11 is 1.41. The molecule has 0 radical (unpaired) electrons. The SMILES string of the molecule is Cc1ccc(OCc2nnc(SCCc3nc4ccccc4c(=O)[nH]3)o2)cc1. The molecule has 0 saturated carbocycles. The van der Waals surface area contributed by atoms with Crippen LogP contribution in [0.4, 0.5) is 0 Å². The first kappa shape index (κ1) is 18.2. The van der Waals surface area contributed by atoms with Crippen LogP contribution in [0.2, 0.25) is 0 Å². The van der Waals surface area contributed by atoms with Gasteiger partial charge in [-0.1, -0.05) is 41.6 Å². The first-order chi connectivity index (χ1) is 13.7. The highest BCUT2D eigenvalue weighted by molar-refractivity contribution is 7.99. The number of thioether (sulfide) groups is 1. The van der Waals surface area contributed by atoms with Gasteiger partial charge < -0.3 is 14.1 Å². The molecule has 142 valence electrons. The molecule has 28 heavy (non-hydrogen) atoms. The Labute approximate surface area is 165 Å². The Morgan fingerprint density at radius 3 is 2.79 bits per heavy atom. The maximum absolute atomic E-state index is 12.1. The lowest BCUT2D eigenvalue weighted by Crippen LogP contribution is -2.12. The Hall–Kier alpha value is -3.13. The fourth-order valence-corrected chi connectivity index (χ4v) is 3.35. The number of benzene rings is 2. The van der Waals surface area contributed by atoms with Crippen molar-refractivity contribution in [2.24, 2.45) is 0 Å². The van der Waals surface area contributed by atoms with Gasteiger partial charge >= 0.3 is 0 Å². The number of aromatic nitrogens is 4. The van der Waals surface area contributed by atoms with Crippen molar-refractivity contribution in [3.8, 4) is 5.75 Å². The summed E-state index contributed by atoms with van der Waals surface area (Å²) < 4.78 is 11.2. The maximum atomic E-state index is 12.1. The fourth-order valence-electron chi connectivity index (χ4n) is 2.62. The standard InChI is InChI=1S/C20H18N4O3S/c1-13-6-8-14(9-7-13)26-12-18-23-24-20(27-18)28-11-10-17-21-16-5-3-2-4-15(16)19(25)22-17/h2-9H,10-12H2,1H3,(H,21,22,25). The van der Waals surface area contributed by atoms with E-state index in [2.05, 4.69) is 20.2 Å². The molecule has 4 rings (SSSR count). The smallest absolute Gasteiger partial charge is 0.276 e. The first-order valence-corrected chi connectivity index (χ1v) is 9.78. The number of aromatic amines is 1. The van der Waals surface area contributed by atoms with Crippen molar-refractivity contribution in [1.82, 2.24) is 20.2 Å². The Morgan fingerprint density at radius 1 is 1.11 bits per heavy atom. The van der Waals surface area contributed by atoms with Gasteiger partial charge in [0.2, 0.25) is 0 Å². The summed E-state index contributed by atoms with van der Waals surface area (Å²) in [6, 6.07) is 15.1. The number of nitrogens with one attached hydrogen (secondary N) is 1.